The Balaban J connectivity index is 2.95. The minimum atomic E-state index is -0.456. The largest absolute Gasteiger partial charge is 0.254 e. The molecule has 0 atom stereocenters. The molecule has 0 N–H and O–H groups in total. The molecule has 0 aliphatic carbocycles. The van der Waals surface area contributed by atoms with Crippen LogP contribution in [0.15, 0.2) is 18.6 Å². The van der Waals surface area contributed by atoms with E-state index in [9.17, 15) is 4.39 Å². The Bertz CT molecular complexity index is 355. The van der Waals surface area contributed by atoms with E-state index in [4.69, 9.17) is 0 Å². The molecule has 0 saturated heterocycles. The molecule has 0 aliphatic heterocycles. The van der Waals surface area contributed by atoms with Crippen LogP contribution in [0.2, 0.25) is 0 Å². The maximum atomic E-state index is 12.6. The van der Waals surface area contributed by atoms with Gasteiger partial charge in [-0.3, -0.25) is 0 Å². The van der Waals surface area contributed by atoms with Gasteiger partial charge >= 0.3 is 0 Å². The van der Waals surface area contributed by atoms with E-state index in [1.54, 1.807) is 0 Å². The van der Waals surface area contributed by atoms with Gasteiger partial charge in [-0.05, 0) is 0 Å². The summed E-state index contributed by atoms with van der Waals surface area (Å²) in [5.41, 5.74) is 0. The SMILES string of the molecule is Fc1ccnc2ncnn12. The third-order valence-corrected chi connectivity index (χ3v) is 1.13. The fraction of sp³-hybridized carbons (Fsp3) is 0. The summed E-state index contributed by atoms with van der Waals surface area (Å²) < 4.78 is 13.7. The van der Waals surface area contributed by atoms with E-state index in [0.29, 0.717) is 0 Å². The molecule has 0 fully saturated rings. The van der Waals surface area contributed by atoms with E-state index in [-0.39, 0.29) is 5.78 Å². The van der Waals surface area contributed by atoms with Gasteiger partial charge in [-0.2, -0.15) is 19.0 Å². The van der Waals surface area contributed by atoms with Crippen LogP contribution < -0.4 is 0 Å². The lowest BCUT2D eigenvalue weighted by Crippen LogP contribution is -1.94. The van der Waals surface area contributed by atoms with E-state index >= 15 is 0 Å². The molecule has 5 heteroatoms. The van der Waals surface area contributed by atoms with Gasteiger partial charge in [0.2, 0.25) is 5.95 Å². The molecular weight excluding hydrogens is 135 g/mol. The fourth-order valence-electron chi connectivity index (χ4n) is 0.710. The highest BCUT2D eigenvalue weighted by Crippen LogP contribution is 1.95. The minimum absolute atomic E-state index is 0.278. The second-order valence-corrected chi connectivity index (χ2v) is 1.74. The van der Waals surface area contributed by atoms with E-state index in [2.05, 4.69) is 15.1 Å². The second-order valence-electron chi connectivity index (χ2n) is 1.74. The minimum Gasteiger partial charge on any atom is -0.219 e. The van der Waals surface area contributed by atoms with Gasteiger partial charge in [-0.15, -0.1) is 0 Å². The highest BCUT2D eigenvalue weighted by molar-refractivity contribution is 5.22. The first kappa shape index (κ1) is 5.28. The highest BCUT2D eigenvalue weighted by atomic mass is 19.1. The molecule has 10 heavy (non-hydrogen) atoms. The number of nitrogens with zero attached hydrogens (tertiary/aromatic N) is 4. The van der Waals surface area contributed by atoms with Crippen LogP contribution in [-0.4, -0.2) is 19.6 Å². The molecule has 0 saturated carbocycles. The van der Waals surface area contributed by atoms with E-state index < -0.39 is 5.95 Å². The first-order valence-corrected chi connectivity index (χ1v) is 2.68. The van der Waals surface area contributed by atoms with Crippen molar-refractivity contribution < 1.29 is 4.39 Å². The van der Waals surface area contributed by atoms with Crippen molar-refractivity contribution in [1.29, 1.82) is 0 Å². The number of fused-ring (bicyclic) bond motifs is 1. The summed E-state index contributed by atoms with van der Waals surface area (Å²) in [7, 11) is 0. The predicted molar refractivity (Wildman–Crippen MR) is 30.7 cm³/mol. The number of hydrogen-bond acceptors (Lipinski definition) is 3. The first-order chi connectivity index (χ1) is 4.88. The summed E-state index contributed by atoms with van der Waals surface area (Å²) in [5, 5.41) is 3.59. The first-order valence-electron chi connectivity index (χ1n) is 2.68. The standard InChI is InChI=1S/C5H3FN4/c6-4-1-2-7-5-8-3-9-10(4)5/h1-3H. The van der Waals surface area contributed by atoms with Gasteiger partial charge in [0, 0.05) is 12.3 Å². The van der Waals surface area contributed by atoms with Crippen LogP contribution >= 0.6 is 0 Å². The van der Waals surface area contributed by atoms with Crippen LogP contribution in [0.25, 0.3) is 5.78 Å². The lowest BCUT2D eigenvalue weighted by atomic mass is 10.7. The van der Waals surface area contributed by atoms with Crippen molar-refractivity contribution in [2.45, 2.75) is 0 Å². The number of hydrogen-bond donors (Lipinski definition) is 0. The Labute approximate surface area is 55.3 Å². The average Bonchev–Trinajstić information content (AvgIpc) is 2.36. The molecule has 0 radical (unpaired) electrons. The van der Waals surface area contributed by atoms with Crippen LogP contribution in [0.1, 0.15) is 0 Å². The summed E-state index contributed by atoms with van der Waals surface area (Å²) in [4.78, 5) is 7.43. The van der Waals surface area contributed by atoms with E-state index in [0.717, 1.165) is 4.52 Å². The van der Waals surface area contributed by atoms with Crippen molar-refractivity contribution in [2.24, 2.45) is 0 Å². The topological polar surface area (TPSA) is 43.1 Å². The Kier molecular flexibility index (Phi) is 0.913. The van der Waals surface area contributed by atoms with Crippen molar-refractivity contribution in [1.82, 2.24) is 19.6 Å². The van der Waals surface area contributed by atoms with Gasteiger partial charge in [0.25, 0.3) is 5.78 Å². The van der Waals surface area contributed by atoms with Crippen LogP contribution in [0.3, 0.4) is 0 Å². The molecule has 0 unspecified atom stereocenters. The van der Waals surface area contributed by atoms with Crippen LogP contribution in [0, 0.1) is 5.95 Å². The Morgan fingerprint density at radius 3 is 3.10 bits per heavy atom. The maximum Gasteiger partial charge on any atom is 0.254 e. The monoisotopic (exact) mass is 138 g/mol. The molecule has 2 aromatic heterocycles. The van der Waals surface area contributed by atoms with Crippen LogP contribution in [0.5, 0.6) is 0 Å². The predicted octanol–water partition coefficient (Wildman–Crippen LogP) is 0.263. The summed E-state index contributed by atoms with van der Waals surface area (Å²) in [6.45, 7) is 0. The molecule has 2 aromatic rings. The Morgan fingerprint density at radius 2 is 2.30 bits per heavy atom. The molecule has 0 spiro atoms. The summed E-state index contributed by atoms with van der Waals surface area (Å²) >= 11 is 0. The number of rotatable bonds is 0. The van der Waals surface area contributed by atoms with Gasteiger partial charge in [-0.1, -0.05) is 0 Å². The molecule has 0 aliphatic rings. The van der Waals surface area contributed by atoms with Crippen LogP contribution in [0.4, 0.5) is 4.39 Å². The third-order valence-electron chi connectivity index (χ3n) is 1.13. The van der Waals surface area contributed by atoms with Crippen molar-refractivity contribution in [3.63, 3.8) is 0 Å². The van der Waals surface area contributed by atoms with Crippen molar-refractivity contribution in [2.75, 3.05) is 0 Å². The summed E-state index contributed by atoms with van der Waals surface area (Å²) in [6, 6.07) is 1.22. The van der Waals surface area contributed by atoms with E-state index in [1.165, 1.54) is 18.6 Å². The quantitative estimate of drug-likeness (QED) is 0.490. The normalized spacial score (nSPS) is 10.5. The van der Waals surface area contributed by atoms with Gasteiger partial charge in [0.05, 0.1) is 0 Å². The molecular formula is C5H3FN4. The molecule has 4 nitrogen and oxygen atoms in total. The van der Waals surface area contributed by atoms with Gasteiger partial charge in [0.1, 0.15) is 6.33 Å². The molecule has 0 aromatic carbocycles. The smallest absolute Gasteiger partial charge is 0.219 e. The zero-order chi connectivity index (χ0) is 6.97. The fourth-order valence-corrected chi connectivity index (χ4v) is 0.710. The Morgan fingerprint density at radius 1 is 1.40 bits per heavy atom. The van der Waals surface area contributed by atoms with Crippen molar-refractivity contribution in [3.05, 3.63) is 24.5 Å². The Hall–Kier alpha value is -1.52. The third kappa shape index (κ3) is 0.570. The number of halogens is 1. The van der Waals surface area contributed by atoms with Gasteiger partial charge in [-0.25, -0.2) is 4.98 Å². The van der Waals surface area contributed by atoms with Crippen molar-refractivity contribution in [3.8, 4) is 0 Å². The zero-order valence-corrected chi connectivity index (χ0v) is 4.90. The molecule has 2 rings (SSSR count). The van der Waals surface area contributed by atoms with E-state index in [1.807, 2.05) is 0 Å². The molecule has 0 bridgehead atoms. The molecule has 2 heterocycles. The lowest BCUT2D eigenvalue weighted by Gasteiger charge is -1.88. The second kappa shape index (κ2) is 1.73. The number of aromatic nitrogens is 4. The molecule has 50 valence electrons. The average molecular weight is 138 g/mol. The highest BCUT2D eigenvalue weighted by Gasteiger charge is 1.98. The van der Waals surface area contributed by atoms with Crippen molar-refractivity contribution >= 4 is 5.78 Å². The summed E-state index contributed by atoms with van der Waals surface area (Å²) in [5.74, 6) is -0.178. The summed E-state index contributed by atoms with van der Waals surface area (Å²) in [6.07, 6.45) is 2.60. The molecule has 0 amide bonds. The zero-order valence-electron chi connectivity index (χ0n) is 4.90. The van der Waals surface area contributed by atoms with Gasteiger partial charge in [0.15, 0.2) is 0 Å². The maximum absolute atomic E-state index is 12.6. The lowest BCUT2D eigenvalue weighted by molar-refractivity contribution is 0.541. The van der Waals surface area contributed by atoms with Crippen LogP contribution in [-0.2, 0) is 0 Å². The van der Waals surface area contributed by atoms with Gasteiger partial charge < -0.3 is 0 Å².